The van der Waals surface area contributed by atoms with Crippen LogP contribution >= 0.6 is 0 Å². The summed E-state index contributed by atoms with van der Waals surface area (Å²) in [6.45, 7) is 9.80. The molecule has 0 saturated heterocycles. The van der Waals surface area contributed by atoms with E-state index in [0.717, 1.165) is 19.3 Å². The molecule has 66 valence electrons. The summed E-state index contributed by atoms with van der Waals surface area (Å²) >= 11 is 0. The van der Waals surface area contributed by atoms with Gasteiger partial charge in [-0.1, -0.05) is 26.8 Å². The van der Waals surface area contributed by atoms with E-state index in [1.165, 1.54) is 0 Å². The molecule has 1 atom stereocenters. The maximum absolute atomic E-state index is 9.98. The number of hydrogen-bond donors (Lipinski definition) is 1. The molecule has 0 aromatic heterocycles. The van der Waals surface area contributed by atoms with Gasteiger partial charge < -0.3 is 5.11 Å². The van der Waals surface area contributed by atoms with Crippen LogP contribution in [0.4, 0.5) is 0 Å². The third kappa shape index (κ3) is 3.06. The van der Waals surface area contributed by atoms with Gasteiger partial charge in [-0.05, 0) is 25.2 Å². The molecule has 0 spiro atoms. The Kier molecular flexibility index (Phi) is 4.43. The maximum atomic E-state index is 9.98. The van der Waals surface area contributed by atoms with Crippen molar-refractivity contribution in [2.75, 3.05) is 0 Å². The first-order valence-corrected chi connectivity index (χ1v) is 4.40. The Balaban J connectivity index is 3.98. The topological polar surface area (TPSA) is 20.2 Å². The second-order valence-electron chi connectivity index (χ2n) is 3.44. The Labute approximate surface area is 70.1 Å². The normalized spacial score (nSPS) is 16.5. The van der Waals surface area contributed by atoms with Gasteiger partial charge in [0.1, 0.15) is 0 Å². The van der Waals surface area contributed by atoms with Gasteiger partial charge in [0.2, 0.25) is 0 Å². The van der Waals surface area contributed by atoms with Gasteiger partial charge in [0.25, 0.3) is 0 Å². The molecule has 0 rings (SSSR count). The molecule has 0 saturated carbocycles. The second-order valence-corrected chi connectivity index (χ2v) is 3.44. The van der Waals surface area contributed by atoms with Crippen LogP contribution in [0, 0.1) is 5.92 Å². The average Bonchev–Trinajstić information content (AvgIpc) is 2.00. The van der Waals surface area contributed by atoms with Crippen molar-refractivity contribution < 1.29 is 5.11 Å². The fourth-order valence-corrected chi connectivity index (χ4v) is 1.23. The third-order valence-electron chi connectivity index (χ3n) is 2.47. The summed E-state index contributed by atoms with van der Waals surface area (Å²) in [6.07, 6.45) is 4.44. The van der Waals surface area contributed by atoms with Crippen molar-refractivity contribution in [1.82, 2.24) is 0 Å². The van der Waals surface area contributed by atoms with Crippen molar-refractivity contribution >= 4 is 0 Å². The van der Waals surface area contributed by atoms with Crippen LogP contribution in [0.5, 0.6) is 0 Å². The average molecular weight is 156 g/mol. The monoisotopic (exact) mass is 156 g/mol. The zero-order chi connectivity index (χ0) is 8.91. The van der Waals surface area contributed by atoms with E-state index in [1.807, 2.05) is 13.0 Å². The van der Waals surface area contributed by atoms with Gasteiger partial charge in [-0.25, -0.2) is 0 Å². The van der Waals surface area contributed by atoms with E-state index in [2.05, 4.69) is 20.4 Å². The Morgan fingerprint density at radius 2 is 2.09 bits per heavy atom. The lowest BCUT2D eigenvalue weighted by Crippen LogP contribution is -2.33. The van der Waals surface area contributed by atoms with Crippen LogP contribution in [0.2, 0.25) is 0 Å². The minimum absolute atomic E-state index is 0.340. The summed E-state index contributed by atoms with van der Waals surface area (Å²) in [4.78, 5) is 0. The molecule has 1 N–H and O–H groups in total. The molecular weight excluding hydrogens is 136 g/mol. The van der Waals surface area contributed by atoms with E-state index in [9.17, 15) is 5.11 Å². The Morgan fingerprint density at radius 1 is 1.55 bits per heavy atom. The molecular formula is C10H20O. The maximum Gasteiger partial charge on any atom is 0.0670 e. The van der Waals surface area contributed by atoms with E-state index >= 15 is 0 Å². The number of aliphatic hydroxyl groups is 1. The van der Waals surface area contributed by atoms with Crippen molar-refractivity contribution in [3.8, 4) is 0 Å². The molecule has 1 heteroatoms. The van der Waals surface area contributed by atoms with Crippen molar-refractivity contribution in [2.24, 2.45) is 5.92 Å². The first kappa shape index (κ1) is 10.7. The minimum atomic E-state index is -0.478. The lowest BCUT2D eigenvalue weighted by Gasteiger charge is -2.30. The molecule has 0 amide bonds. The Hall–Kier alpha value is -0.300. The van der Waals surface area contributed by atoms with Gasteiger partial charge in [-0.2, -0.15) is 0 Å². The second kappa shape index (κ2) is 4.55. The van der Waals surface area contributed by atoms with E-state index in [-0.39, 0.29) is 0 Å². The zero-order valence-electron chi connectivity index (χ0n) is 7.93. The van der Waals surface area contributed by atoms with Crippen LogP contribution in [0.1, 0.15) is 40.0 Å². The molecule has 0 radical (unpaired) electrons. The van der Waals surface area contributed by atoms with Gasteiger partial charge in [0.05, 0.1) is 5.60 Å². The summed E-state index contributed by atoms with van der Waals surface area (Å²) < 4.78 is 0. The molecule has 0 heterocycles. The largest absolute Gasteiger partial charge is 0.390 e. The van der Waals surface area contributed by atoms with Crippen LogP contribution in [-0.2, 0) is 0 Å². The molecule has 0 aliphatic heterocycles. The minimum Gasteiger partial charge on any atom is -0.390 e. The highest BCUT2D eigenvalue weighted by Gasteiger charge is 2.27. The molecule has 0 fully saturated rings. The van der Waals surface area contributed by atoms with E-state index in [1.54, 1.807) is 0 Å². The van der Waals surface area contributed by atoms with Crippen molar-refractivity contribution in [3.63, 3.8) is 0 Å². The fraction of sp³-hybridized carbons (Fsp3) is 0.800. The van der Waals surface area contributed by atoms with E-state index < -0.39 is 5.60 Å². The predicted octanol–water partition coefficient (Wildman–Crippen LogP) is 2.75. The SMILES string of the molecule is C=CCC[C@](O)(CC)C(C)C. The Bertz CT molecular complexity index is 118. The van der Waals surface area contributed by atoms with Crippen LogP contribution in [0.25, 0.3) is 0 Å². The first-order valence-electron chi connectivity index (χ1n) is 4.40. The molecule has 0 bridgehead atoms. The van der Waals surface area contributed by atoms with Crippen molar-refractivity contribution in [2.45, 2.75) is 45.6 Å². The number of rotatable bonds is 5. The lowest BCUT2D eigenvalue weighted by atomic mass is 9.84. The van der Waals surface area contributed by atoms with Crippen LogP contribution in [-0.4, -0.2) is 10.7 Å². The van der Waals surface area contributed by atoms with E-state index in [0.29, 0.717) is 5.92 Å². The summed E-state index contributed by atoms with van der Waals surface area (Å²) in [5, 5.41) is 9.98. The van der Waals surface area contributed by atoms with Crippen LogP contribution < -0.4 is 0 Å². The molecule has 0 aromatic rings. The summed E-state index contributed by atoms with van der Waals surface area (Å²) in [5.41, 5.74) is -0.478. The highest BCUT2D eigenvalue weighted by Crippen LogP contribution is 2.26. The van der Waals surface area contributed by atoms with Gasteiger partial charge in [-0.15, -0.1) is 6.58 Å². The molecule has 0 aromatic carbocycles. The third-order valence-corrected chi connectivity index (χ3v) is 2.47. The van der Waals surface area contributed by atoms with Crippen molar-refractivity contribution in [3.05, 3.63) is 12.7 Å². The molecule has 1 nitrogen and oxygen atoms in total. The summed E-state index contributed by atoms with van der Waals surface area (Å²) in [5.74, 6) is 0.340. The standard InChI is InChI=1S/C10H20O/c1-5-7-8-10(11,6-2)9(3)4/h5,9,11H,1,6-8H2,2-4H3/t10-/m1/s1. The van der Waals surface area contributed by atoms with Gasteiger partial charge in [-0.3, -0.25) is 0 Å². The number of hydrogen-bond acceptors (Lipinski definition) is 1. The van der Waals surface area contributed by atoms with Crippen LogP contribution in [0.3, 0.4) is 0 Å². The molecule has 0 aliphatic rings. The van der Waals surface area contributed by atoms with Gasteiger partial charge in [0.15, 0.2) is 0 Å². The Morgan fingerprint density at radius 3 is 2.36 bits per heavy atom. The summed E-state index contributed by atoms with van der Waals surface area (Å²) in [7, 11) is 0. The smallest absolute Gasteiger partial charge is 0.0670 e. The first-order chi connectivity index (χ1) is 5.06. The summed E-state index contributed by atoms with van der Waals surface area (Å²) in [6, 6.07) is 0. The van der Waals surface area contributed by atoms with Gasteiger partial charge in [0, 0.05) is 0 Å². The van der Waals surface area contributed by atoms with Gasteiger partial charge >= 0.3 is 0 Å². The van der Waals surface area contributed by atoms with Crippen LogP contribution in [0.15, 0.2) is 12.7 Å². The zero-order valence-corrected chi connectivity index (χ0v) is 7.93. The highest BCUT2D eigenvalue weighted by atomic mass is 16.3. The fourth-order valence-electron chi connectivity index (χ4n) is 1.23. The predicted molar refractivity (Wildman–Crippen MR) is 49.5 cm³/mol. The lowest BCUT2D eigenvalue weighted by molar-refractivity contribution is -0.0156. The number of allylic oxidation sites excluding steroid dienone is 1. The van der Waals surface area contributed by atoms with Crippen molar-refractivity contribution in [1.29, 1.82) is 0 Å². The highest BCUT2D eigenvalue weighted by molar-refractivity contribution is 4.83. The molecule has 0 unspecified atom stereocenters. The quantitative estimate of drug-likeness (QED) is 0.607. The molecule has 11 heavy (non-hydrogen) atoms. The molecule has 0 aliphatic carbocycles. The van der Waals surface area contributed by atoms with E-state index in [4.69, 9.17) is 0 Å².